The minimum absolute atomic E-state index is 0.0899. The number of carboxylic acids is 1. The third-order valence-corrected chi connectivity index (χ3v) is 9.74. The van der Waals surface area contributed by atoms with Gasteiger partial charge >= 0.3 is 5.97 Å². The molecule has 3 heterocycles. The van der Waals surface area contributed by atoms with E-state index in [0.29, 0.717) is 23.8 Å². The summed E-state index contributed by atoms with van der Waals surface area (Å²) >= 11 is 0. The number of fused-ring (bicyclic) bond motifs is 5. The number of carboxylic acid groups (broad SMARTS) is 1. The first-order valence-electron chi connectivity index (χ1n) is 14.6. The van der Waals surface area contributed by atoms with Gasteiger partial charge in [-0.1, -0.05) is 43.0 Å². The zero-order chi connectivity index (χ0) is 26.2. The Hall–Kier alpha value is -2.74. The predicted octanol–water partition coefficient (Wildman–Crippen LogP) is 5.14. The number of aromatic nitrogens is 2. The van der Waals surface area contributed by atoms with Crippen molar-refractivity contribution >= 4 is 22.7 Å². The standard InChI is InChI=1S/C30H40N4O4/c1-38-32-26(12-13-28(35)36)29-30(37)34(27-11-3-2-10-25(27)31-29)24-17-21-8-5-9-22(18-24)33(21)23-15-19-6-4-7-20(14-19)16-23/h2-3,10-11,19-24H,4-9,12-18H2,1H3,(H,35,36)/b32-26+/t19-,20?,21-,22+,23?,24+/m1/s1. The topological polar surface area (TPSA) is 97.0 Å². The quantitative estimate of drug-likeness (QED) is 0.401. The fourth-order valence-electron chi connectivity index (χ4n) is 8.38. The lowest BCUT2D eigenvalue weighted by Crippen LogP contribution is -2.58. The summed E-state index contributed by atoms with van der Waals surface area (Å²) < 4.78 is 1.96. The van der Waals surface area contributed by atoms with E-state index < -0.39 is 5.97 Å². The van der Waals surface area contributed by atoms with Gasteiger partial charge in [-0.2, -0.15) is 0 Å². The van der Waals surface area contributed by atoms with E-state index >= 15 is 0 Å². The molecule has 0 spiro atoms. The maximum Gasteiger partial charge on any atom is 0.303 e. The number of aliphatic carboxylic acids is 1. The van der Waals surface area contributed by atoms with Crippen molar-refractivity contribution in [3.63, 3.8) is 0 Å². The van der Waals surface area contributed by atoms with Crippen molar-refractivity contribution in [2.75, 3.05) is 7.11 Å². The molecule has 2 aliphatic heterocycles. The maximum atomic E-state index is 14.1. The highest BCUT2D eigenvalue weighted by Gasteiger charge is 2.45. The number of rotatable bonds is 7. The SMILES string of the molecule is CO/N=C(\CCC(=O)O)c1nc2ccccc2n([C@H]2C[C@H]3CCC[C@@H](C2)N3C2CC3CCC[C@H](C3)C2)c1=O. The number of piperidine rings is 2. The van der Waals surface area contributed by atoms with E-state index in [1.54, 1.807) is 0 Å². The van der Waals surface area contributed by atoms with E-state index in [1.807, 2.05) is 28.8 Å². The van der Waals surface area contributed by atoms with Crippen molar-refractivity contribution in [3.8, 4) is 0 Å². The molecular weight excluding hydrogens is 480 g/mol. The van der Waals surface area contributed by atoms with Gasteiger partial charge in [-0.05, 0) is 68.9 Å². The Morgan fingerprint density at radius 2 is 1.63 bits per heavy atom. The lowest BCUT2D eigenvalue weighted by molar-refractivity contribution is -0.136. The zero-order valence-corrected chi connectivity index (χ0v) is 22.4. The second kappa shape index (κ2) is 10.8. The minimum atomic E-state index is -0.943. The lowest BCUT2D eigenvalue weighted by atomic mass is 9.68. The van der Waals surface area contributed by atoms with Gasteiger partial charge in [0.25, 0.3) is 5.56 Å². The summed E-state index contributed by atoms with van der Waals surface area (Å²) in [5.74, 6) is 0.871. The van der Waals surface area contributed by atoms with Crippen molar-refractivity contribution in [1.29, 1.82) is 0 Å². The van der Waals surface area contributed by atoms with Crippen molar-refractivity contribution in [2.45, 2.75) is 108 Å². The van der Waals surface area contributed by atoms with E-state index in [4.69, 9.17) is 4.84 Å². The van der Waals surface area contributed by atoms with E-state index in [2.05, 4.69) is 15.0 Å². The second-order valence-electron chi connectivity index (χ2n) is 12.1. The molecule has 1 aromatic carbocycles. The van der Waals surface area contributed by atoms with Crippen molar-refractivity contribution in [2.24, 2.45) is 17.0 Å². The van der Waals surface area contributed by atoms with Gasteiger partial charge in [0.15, 0.2) is 5.69 Å². The predicted molar refractivity (Wildman–Crippen MR) is 146 cm³/mol. The van der Waals surface area contributed by atoms with Crippen LogP contribution in [0.3, 0.4) is 0 Å². The maximum absolute atomic E-state index is 14.1. The van der Waals surface area contributed by atoms with Crippen LogP contribution in [0, 0.1) is 11.8 Å². The normalized spacial score (nSPS) is 31.8. The van der Waals surface area contributed by atoms with Gasteiger partial charge in [-0.3, -0.25) is 14.5 Å². The van der Waals surface area contributed by atoms with Crippen molar-refractivity contribution < 1.29 is 14.7 Å². The first-order valence-corrected chi connectivity index (χ1v) is 14.6. The number of nitrogens with zero attached hydrogens (tertiary/aromatic N) is 4. The van der Waals surface area contributed by atoms with Gasteiger partial charge in [0.05, 0.1) is 17.5 Å². The number of oxime groups is 1. The van der Waals surface area contributed by atoms with E-state index in [9.17, 15) is 14.7 Å². The highest BCUT2D eigenvalue weighted by molar-refractivity contribution is 6.00. The molecule has 2 unspecified atom stereocenters. The number of carbonyl (C=O) groups is 1. The summed E-state index contributed by atoms with van der Waals surface area (Å²) in [5.41, 5.74) is 1.90. The minimum Gasteiger partial charge on any atom is -0.481 e. The number of hydrogen-bond acceptors (Lipinski definition) is 6. The number of benzene rings is 1. The van der Waals surface area contributed by atoms with Gasteiger partial charge in [-0.25, -0.2) is 4.98 Å². The lowest BCUT2D eigenvalue weighted by Gasteiger charge is -2.55. The molecular formula is C30H40N4O4. The smallest absolute Gasteiger partial charge is 0.303 e. The molecule has 6 rings (SSSR count). The second-order valence-corrected chi connectivity index (χ2v) is 12.1. The first kappa shape index (κ1) is 25.5. The van der Waals surface area contributed by atoms with Gasteiger partial charge in [0.1, 0.15) is 12.8 Å². The van der Waals surface area contributed by atoms with Crippen LogP contribution in [0.1, 0.15) is 95.2 Å². The fourth-order valence-corrected chi connectivity index (χ4v) is 8.38. The number of hydrogen-bond donors (Lipinski definition) is 1. The summed E-state index contributed by atoms with van der Waals surface area (Å²) in [6, 6.07) is 9.62. The van der Waals surface area contributed by atoms with E-state index in [1.165, 1.54) is 64.9 Å². The average molecular weight is 521 g/mol. The van der Waals surface area contributed by atoms with Gasteiger partial charge in [0, 0.05) is 30.6 Å². The van der Waals surface area contributed by atoms with Crippen LogP contribution in [0.2, 0.25) is 0 Å². The van der Waals surface area contributed by atoms with Crippen LogP contribution in [-0.4, -0.2) is 56.5 Å². The summed E-state index contributed by atoms with van der Waals surface area (Å²) in [6.45, 7) is 0. The Balaban J connectivity index is 1.35. The van der Waals surface area contributed by atoms with Gasteiger partial charge < -0.3 is 14.5 Å². The summed E-state index contributed by atoms with van der Waals surface area (Å²) in [4.78, 5) is 38.0. The molecule has 8 nitrogen and oxygen atoms in total. The first-order chi connectivity index (χ1) is 18.5. The average Bonchev–Trinajstić information content (AvgIpc) is 2.90. The van der Waals surface area contributed by atoms with Crippen LogP contribution < -0.4 is 5.56 Å². The Bertz CT molecular complexity index is 1250. The van der Waals surface area contributed by atoms with Crippen LogP contribution in [0.5, 0.6) is 0 Å². The van der Waals surface area contributed by atoms with Crippen LogP contribution in [0.4, 0.5) is 0 Å². The summed E-state index contributed by atoms with van der Waals surface area (Å²) in [7, 11) is 1.41. The summed E-state index contributed by atoms with van der Waals surface area (Å²) in [6.07, 6.45) is 14.0. The Labute approximate surface area is 224 Å². The van der Waals surface area contributed by atoms with Crippen molar-refractivity contribution in [1.82, 2.24) is 14.5 Å². The number of para-hydroxylation sites is 2. The molecule has 2 aliphatic carbocycles. The molecule has 38 heavy (non-hydrogen) atoms. The van der Waals surface area contributed by atoms with Crippen LogP contribution in [0.25, 0.3) is 11.0 Å². The highest BCUT2D eigenvalue weighted by atomic mass is 16.6. The molecule has 2 saturated heterocycles. The van der Waals surface area contributed by atoms with Crippen LogP contribution in [-0.2, 0) is 9.63 Å². The highest BCUT2D eigenvalue weighted by Crippen LogP contribution is 2.47. The fraction of sp³-hybridized carbons (Fsp3) is 0.667. The molecule has 4 fully saturated rings. The Morgan fingerprint density at radius 1 is 0.947 bits per heavy atom. The molecule has 8 heteroatoms. The monoisotopic (exact) mass is 520 g/mol. The molecule has 4 aliphatic rings. The largest absolute Gasteiger partial charge is 0.481 e. The van der Waals surface area contributed by atoms with Gasteiger partial charge in [-0.15, -0.1) is 0 Å². The molecule has 2 aromatic rings. The molecule has 204 valence electrons. The molecule has 1 N–H and O–H groups in total. The van der Waals surface area contributed by atoms with E-state index in [-0.39, 0.29) is 30.1 Å². The van der Waals surface area contributed by atoms with Crippen molar-refractivity contribution in [3.05, 3.63) is 40.3 Å². The molecule has 0 amide bonds. The zero-order valence-electron chi connectivity index (χ0n) is 22.4. The van der Waals surface area contributed by atoms with Crippen LogP contribution >= 0.6 is 0 Å². The molecule has 4 bridgehead atoms. The summed E-state index contributed by atoms with van der Waals surface area (Å²) in [5, 5.41) is 13.3. The van der Waals surface area contributed by atoms with E-state index in [0.717, 1.165) is 35.7 Å². The molecule has 1 aromatic heterocycles. The van der Waals surface area contributed by atoms with Gasteiger partial charge in [0.2, 0.25) is 0 Å². The molecule has 0 radical (unpaired) electrons. The third kappa shape index (κ3) is 4.88. The Morgan fingerprint density at radius 3 is 2.32 bits per heavy atom. The molecule has 6 atom stereocenters. The third-order valence-electron chi connectivity index (χ3n) is 9.74. The van der Waals surface area contributed by atoms with Crippen LogP contribution in [0.15, 0.2) is 34.2 Å². The molecule has 2 saturated carbocycles. The Kier molecular flexibility index (Phi) is 7.25.